The van der Waals surface area contributed by atoms with Crippen LogP contribution >= 0.6 is 0 Å². The molecule has 0 saturated heterocycles. The normalized spacial score (nSPS) is 10.7. The molecular weight excluding hydrogens is 180 g/mol. The highest BCUT2D eigenvalue weighted by Crippen LogP contribution is 2.04. The Balaban J connectivity index is 2.27. The highest BCUT2D eigenvalue weighted by molar-refractivity contribution is 5.55. The number of rotatable bonds is 6. The molecule has 0 unspecified atom stereocenters. The monoisotopic (exact) mass is 196 g/mol. The van der Waals surface area contributed by atoms with Gasteiger partial charge in [-0.3, -0.25) is 9.59 Å². The van der Waals surface area contributed by atoms with E-state index in [1.807, 2.05) is 7.05 Å². The van der Waals surface area contributed by atoms with Crippen LogP contribution in [-0.4, -0.2) is 20.1 Å². The maximum atomic E-state index is 11.0. The fourth-order valence-corrected chi connectivity index (χ4v) is 1.36. The standard InChI is InChI=1S/C10H16N2O2/c1-7-8(10(14)9(7)13)12-6-4-3-5-11-2/h11-12H,3-6H2,1-2H3. The molecule has 1 aromatic carbocycles. The van der Waals surface area contributed by atoms with Gasteiger partial charge in [-0.15, -0.1) is 0 Å². The summed E-state index contributed by atoms with van der Waals surface area (Å²) in [5.74, 6) is 0. The maximum Gasteiger partial charge on any atom is 0.249 e. The van der Waals surface area contributed by atoms with E-state index in [9.17, 15) is 9.59 Å². The Bertz CT molecular complexity index is 364. The zero-order chi connectivity index (χ0) is 10.6. The molecule has 2 N–H and O–H groups in total. The van der Waals surface area contributed by atoms with Gasteiger partial charge >= 0.3 is 0 Å². The first-order valence-corrected chi connectivity index (χ1v) is 4.87. The molecule has 0 bridgehead atoms. The van der Waals surface area contributed by atoms with Crippen molar-refractivity contribution in [2.45, 2.75) is 19.8 Å². The van der Waals surface area contributed by atoms with Gasteiger partial charge in [0.1, 0.15) is 0 Å². The number of nitrogens with one attached hydrogen (secondary N) is 2. The summed E-state index contributed by atoms with van der Waals surface area (Å²) in [6, 6.07) is 0. The Morgan fingerprint density at radius 2 is 1.71 bits per heavy atom. The van der Waals surface area contributed by atoms with Crippen molar-refractivity contribution in [3.8, 4) is 0 Å². The van der Waals surface area contributed by atoms with Crippen LogP contribution in [0.3, 0.4) is 0 Å². The van der Waals surface area contributed by atoms with E-state index in [0.717, 1.165) is 25.9 Å². The van der Waals surface area contributed by atoms with Crippen molar-refractivity contribution in [3.05, 3.63) is 26.0 Å². The van der Waals surface area contributed by atoms with E-state index in [1.54, 1.807) is 6.92 Å². The zero-order valence-electron chi connectivity index (χ0n) is 8.64. The fraction of sp³-hybridized carbons (Fsp3) is 0.600. The third-order valence-corrected chi connectivity index (χ3v) is 2.30. The van der Waals surface area contributed by atoms with Crippen molar-refractivity contribution in [3.63, 3.8) is 0 Å². The van der Waals surface area contributed by atoms with E-state index in [2.05, 4.69) is 10.6 Å². The van der Waals surface area contributed by atoms with Crippen LogP contribution in [0.4, 0.5) is 5.69 Å². The minimum atomic E-state index is -0.365. The molecule has 0 aliphatic carbocycles. The molecule has 0 heterocycles. The number of hydrogen-bond acceptors (Lipinski definition) is 4. The molecule has 0 saturated carbocycles. The van der Waals surface area contributed by atoms with E-state index in [1.165, 1.54) is 0 Å². The maximum absolute atomic E-state index is 11.0. The Labute approximate surface area is 83.0 Å². The molecule has 14 heavy (non-hydrogen) atoms. The second-order valence-electron chi connectivity index (χ2n) is 3.40. The Morgan fingerprint density at radius 3 is 2.29 bits per heavy atom. The van der Waals surface area contributed by atoms with Crippen molar-refractivity contribution in [1.29, 1.82) is 0 Å². The molecule has 1 rings (SSSR count). The zero-order valence-corrected chi connectivity index (χ0v) is 8.64. The van der Waals surface area contributed by atoms with Gasteiger partial charge in [0.15, 0.2) is 0 Å². The lowest BCUT2D eigenvalue weighted by Crippen LogP contribution is -2.37. The lowest BCUT2D eigenvalue weighted by molar-refractivity contribution is 0.694. The summed E-state index contributed by atoms with van der Waals surface area (Å²) in [5.41, 5.74) is 0.377. The molecule has 1 aromatic rings. The van der Waals surface area contributed by atoms with Gasteiger partial charge in [0.05, 0.1) is 5.69 Å². The Morgan fingerprint density at radius 1 is 1.07 bits per heavy atom. The van der Waals surface area contributed by atoms with Crippen LogP contribution < -0.4 is 21.5 Å². The second-order valence-corrected chi connectivity index (χ2v) is 3.40. The largest absolute Gasteiger partial charge is 0.381 e. The second kappa shape index (κ2) is 4.91. The summed E-state index contributed by atoms with van der Waals surface area (Å²) in [6.45, 7) is 3.42. The van der Waals surface area contributed by atoms with Gasteiger partial charge in [-0.1, -0.05) is 0 Å². The van der Waals surface area contributed by atoms with E-state index in [-0.39, 0.29) is 10.9 Å². The third kappa shape index (κ3) is 2.20. The molecule has 0 spiro atoms. The lowest BCUT2D eigenvalue weighted by atomic mass is 10.1. The van der Waals surface area contributed by atoms with Crippen LogP contribution in [0.15, 0.2) is 9.59 Å². The molecule has 4 nitrogen and oxygen atoms in total. The van der Waals surface area contributed by atoms with E-state index >= 15 is 0 Å². The van der Waals surface area contributed by atoms with Crippen LogP contribution in [0.5, 0.6) is 0 Å². The minimum Gasteiger partial charge on any atom is -0.381 e. The van der Waals surface area contributed by atoms with Gasteiger partial charge in [0.2, 0.25) is 10.9 Å². The summed E-state index contributed by atoms with van der Waals surface area (Å²) >= 11 is 0. The first-order valence-electron chi connectivity index (χ1n) is 4.87. The number of hydrogen-bond donors (Lipinski definition) is 2. The minimum absolute atomic E-state index is 0.345. The number of unbranched alkanes of at least 4 members (excludes halogenated alkanes) is 1. The Hall–Kier alpha value is -1.16. The van der Waals surface area contributed by atoms with Crippen LogP contribution in [0.25, 0.3) is 0 Å². The third-order valence-electron chi connectivity index (χ3n) is 2.30. The molecular formula is C10H16N2O2. The quantitative estimate of drug-likeness (QED) is 0.497. The van der Waals surface area contributed by atoms with Gasteiger partial charge in [0, 0.05) is 12.1 Å². The predicted molar refractivity (Wildman–Crippen MR) is 57.7 cm³/mol. The topological polar surface area (TPSA) is 58.2 Å². The summed E-state index contributed by atoms with van der Waals surface area (Å²) in [7, 11) is 1.91. The molecule has 0 fully saturated rings. The summed E-state index contributed by atoms with van der Waals surface area (Å²) in [4.78, 5) is 21.9. The van der Waals surface area contributed by atoms with Gasteiger partial charge in [0.25, 0.3) is 0 Å². The molecule has 0 atom stereocenters. The van der Waals surface area contributed by atoms with E-state index < -0.39 is 0 Å². The van der Waals surface area contributed by atoms with Crippen LogP contribution in [0.2, 0.25) is 0 Å². The average Bonchev–Trinajstić information content (AvgIpc) is 2.22. The summed E-state index contributed by atoms with van der Waals surface area (Å²) in [6.07, 6.45) is 2.07. The van der Waals surface area contributed by atoms with E-state index in [4.69, 9.17) is 0 Å². The van der Waals surface area contributed by atoms with Crippen LogP contribution in [0.1, 0.15) is 18.4 Å². The van der Waals surface area contributed by atoms with Crippen molar-refractivity contribution in [2.75, 3.05) is 25.5 Å². The lowest BCUT2D eigenvalue weighted by Gasteiger charge is -2.09. The van der Waals surface area contributed by atoms with Gasteiger partial charge in [-0.2, -0.15) is 0 Å². The SMILES string of the molecule is CNCCCCNc1c(C)c(=O)c1=O. The van der Waals surface area contributed by atoms with Gasteiger partial charge in [-0.05, 0) is 33.4 Å². The number of anilines is 1. The molecule has 0 aromatic heterocycles. The van der Waals surface area contributed by atoms with Crippen molar-refractivity contribution < 1.29 is 0 Å². The molecule has 0 aliphatic heterocycles. The fourth-order valence-electron chi connectivity index (χ4n) is 1.36. The predicted octanol–water partition coefficient (Wildman–Crippen LogP) is 0.00252. The molecule has 0 aliphatic rings. The van der Waals surface area contributed by atoms with Gasteiger partial charge in [-0.25, -0.2) is 0 Å². The summed E-state index contributed by atoms with van der Waals surface area (Å²) < 4.78 is 0. The Kier molecular flexibility index (Phi) is 3.83. The molecule has 4 heteroatoms. The first kappa shape index (κ1) is 10.9. The first-order chi connectivity index (χ1) is 6.68. The van der Waals surface area contributed by atoms with Crippen LogP contribution in [-0.2, 0) is 0 Å². The van der Waals surface area contributed by atoms with Crippen molar-refractivity contribution in [2.24, 2.45) is 0 Å². The van der Waals surface area contributed by atoms with Crippen LogP contribution in [0, 0.1) is 6.92 Å². The summed E-state index contributed by atoms with van der Waals surface area (Å²) in [5, 5.41) is 6.04. The van der Waals surface area contributed by atoms with E-state index in [0.29, 0.717) is 11.3 Å². The molecule has 78 valence electrons. The highest BCUT2D eigenvalue weighted by atomic mass is 16.2. The molecule has 0 radical (unpaired) electrons. The average molecular weight is 196 g/mol. The smallest absolute Gasteiger partial charge is 0.249 e. The highest BCUT2D eigenvalue weighted by Gasteiger charge is 2.15. The van der Waals surface area contributed by atoms with Gasteiger partial charge < -0.3 is 10.6 Å². The molecule has 0 amide bonds. The van der Waals surface area contributed by atoms with Crippen molar-refractivity contribution in [1.82, 2.24) is 5.32 Å². The van der Waals surface area contributed by atoms with Crippen molar-refractivity contribution >= 4 is 5.69 Å².